The summed E-state index contributed by atoms with van der Waals surface area (Å²) in [5.74, 6) is 0.604. The molecule has 10 aromatic rings. The Morgan fingerprint density at radius 3 is 1.98 bits per heavy atom. The molecule has 56 heavy (non-hydrogen) atoms. The first-order chi connectivity index (χ1) is 27.8. The number of hydrogen-bond donors (Lipinski definition) is 0. The molecular weight excluding hydrogens is 683 g/mol. The fourth-order valence-corrected chi connectivity index (χ4v) is 9.51. The third-order valence-corrected chi connectivity index (χ3v) is 12.2. The van der Waals surface area contributed by atoms with E-state index in [2.05, 4.69) is 163 Å². The van der Waals surface area contributed by atoms with Crippen LogP contribution in [0.3, 0.4) is 0 Å². The van der Waals surface area contributed by atoms with Gasteiger partial charge in [0.25, 0.3) is 0 Å². The summed E-state index contributed by atoms with van der Waals surface area (Å²) in [5, 5.41) is 7.27. The fraction of sp³-hybridized carbons (Fsp3) is 0.132. The Labute approximate surface area is 326 Å². The second kappa shape index (κ2) is 13.6. The van der Waals surface area contributed by atoms with Crippen LogP contribution in [-0.2, 0) is 6.54 Å². The van der Waals surface area contributed by atoms with E-state index in [4.69, 9.17) is 8.83 Å². The summed E-state index contributed by atoms with van der Waals surface area (Å²) in [6.45, 7) is 0.673. The number of anilines is 2. The molecule has 1 fully saturated rings. The third kappa shape index (κ3) is 5.57. The summed E-state index contributed by atoms with van der Waals surface area (Å²) in [6.07, 6.45) is 6.52. The normalized spacial score (nSPS) is 13.7. The Bertz CT molecular complexity index is 3060. The number of fused-ring (bicyclic) bond motifs is 7. The molecule has 0 atom stereocenters. The van der Waals surface area contributed by atoms with Crippen LogP contribution < -0.4 is 4.90 Å². The maximum Gasteiger partial charge on any atom is 0.137 e. The van der Waals surface area contributed by atoms with E-state index >= 15 is 0 Å². The molecule has 1 saturated carbocycles. The van der Waals surface area contributed by atoms with Crippen LogP contribution in [0.2, 0.25) is 0 Å². The van der Waals surface area contributed by atoms with E-state index in [1.807, 2.05) is 12.1 Å². The first-order valence-corrected chi connectivity index (χ1v) is 20.1. The lowest BCUT2D eigenvalue weighted by Gasteiger charge is -2.28. The van der Waals surface area contributed by atoms with Crippen molar-refractivity contribution in [1.82, 2.24) is 0 Å². The number of benzene rings is 8. The van der Waals surface area contributed by atoms with E-state index in [0.717, 1.165) is 66.4 Å². The Morgan fingerprint density at radius 1 is 0.446 bits per heavy atom. The van der Waals surface area contributed by atoms with E-state index in [1.165, 1.54) is 65.1 Å². The lowest BCUT2D eigenvalue weighted by Crippen LogP contribution is -2.17. The molecule has 0 unspecified atom stereocenters. The first-order valence-electron chi connectivity index (χ1n) is 20.1. The highest BCUT2D eigenvalue weighted by molar-refractivity contribution is 6.12. The molecule has 2 heterocycles. The third-order valence-electron chi connectivity index (χ3n) is 12.2. The number of rotatable bonds is 7. The van der Waals surface area contributed by atoms with Crippen LogP contribution in [0.15, 0.2) is 179 Å². The van der Waals surface area contributed by atoms with Gasteiger partial charge in [-0.2, -0.15) is 0 Å². The van der Waals surface area contributed by atoms with Gasteiger partial charge in [-0.15, -0.1) is 0 Å². The highest BCUT2D eigenvalue weighted by Crippen LogP contribution is 2.43. The molecule has 11 rings (SSSR count). The Morgan fingerprint density at radius 2 is 1.09 bits per heavy atom. The fourth-order valence-electron chi connectivity index (χ4n) is 9.51. The standard InChI is InChI=1S/C53H41NO2/c1-2-14-35(15-3-1)42-24-11-17-36-18-12-26-46(52(36)42)41-21-5-4-16-38(41)34-54(40-30-31-45-44-22-6-8-27-48(44)56-51(45)33-40)39-20-10-19-37(32-39)43-25-13-29-50-53(43)47-23-7-9-28-49(47)55-50/h4-13,16-33,35H,1-3,14-15,34H2. The second-order valence-corrected chi connectivity index (χ2v) is 15.4. The summed E-state index contributed by atoms with van der Waals surface area (Å²) in [7, 11) is 0. The van der Waals surface area contributed by atoms with Gasteiger partial charge in [-0.25, -0.2) is 0 Å². The van der Waals surface area contributed by atoms with Gasteiger partial charge in [-0.05, 0) is 105 Å². The van der Waals surface area contributed by atoms with Crippen LogP contribution in [0, 0.1) is 0 Å². The van der Waals surface area contributed by atoms with E-state index < -0.39 is 0 Å². The maximum absolute atomic E-state index is 6.48. The van der Waals surface area contributed by atoms with E-state index in [0.29, 0.717) is 12.5 Å². The van der Waals surface area contributed by atoms with Crippen LogP contribution in [0.25, 0.3) is 76.9 Å². The zero-order chi connectivity index (χ0) is 37.0. The lowest BCUT2D eigenvalue weighted by atomic mass is 9.80. The molecule has 1 aliphatic rings. The van der Waals surface area contributed by atoms with Crippen molar-refractivity contribution in [3.63, 3.8) is 0 Å². The predicted octanol–water partition coefficient (Wildman–Crippen LogP) is 15.4. The first kappa shape index (κ1) is 32.8. The van der Waals surface area contributed by atoms with E-state index in [1.54, 1.807) is 0 Å². The van der Waals surface area contributed by atoms with Crippen molar-refractivity contribution >= 4 is 66.0 Å². The molecule has 3 nitrogen and oxygen atoms in total. The quantitative estimate of drug-likeness (QED) is 0.164. The molecule has 0 N–H and O–H groups in total. The Kier molecular flexibility index (Phi) is 7.98. The average molecular weight is 724 g/mol. The van der Waals surface area contributed by atoms with Crippen LogP contribution in [0.4, 0.5) is 11.4 Å². The molecule has 0 radical (unpaired) electrons. The molecule has 270 valence electrons. The Balaban J connectivity index is 1.08. The molecule has 8 aromatic carbocycles. The highest BCUT2D eigenvalue weighted by atomic mass is 16.3. The van der Waals surface area contributed by atoms with E-state index in [-0.39, 0.29) is 0 Å². The van der Waals surface area contributed by atoms with Gasteiger partial charge in [0.05, 0.1) is 0 Å². The molecule has 0 spiro atoms. The maximum atomic E-state index is 6.48. The minimum atomic E-state index is 0.604. The van der Waals surface area contributed by atoms with Crippen molar-refractivity contribution in [1.29, 1.82) is 0 Å². The molecule has 3 heteroatoms. The zero-order valence-electron chi connectivity index (χ0n) is 31.2. The van der Waals surface area contributed by atoms with Crippen molar-refractivity contribution in [3.05, 3.63) is 181 Å². The summed E-state index contributed by atoms with van der Waals surface area (Å²) < 4.78 is 12.8. The van der Waals surface area contributed by atoms with Crippen LogP contribution >= 0.6 is 0 Å². The SMILES string of the molecule is c1cc(-c2cccc3oc4ccccc4c23)cc(N(Cc2ccccc2-c2cccc3cccc(C4CCCCC4)c23)c2ccc3c(c2)oc2ccccc23)c1. The molecule has 1 aliphatic carbocycles. The van der Waals surface area contributed by atoms with E-state index in [9.17, 15) is 0 Å². The van der Waals surface area contributed by atoms with Crippen LogP contribution in [0.1, 0.15) is 49.1 Å². The topological polar surface area (TPSA) is 29.5 Å². The van der Waals surface area contributed by atoms with Gasteiger partial charge in [0.15, 0.2) is 0 Å². The van der Waals surface area contributed by atoms with Crippen molar-refractivity contribution in [3.8, 4) is 22.3 Å². The number of para-hydroxylation sites is 2. The number of hydrogen-bond acceptors (Lipinski definition) is 3. The molecule has 2 aromatic heterocycles. The monoisotopic (exact) mass is 723 g/mol. The van der Waals surface area contributed by atoms with Gasteiger partial charge < -0.3 is 13.7 Å². The van der Waals surface area contributed by atoms with Gasteiger partial charge in [0.2, 0.25) is 0 Å². The number of nitrogens with zero attached hydrogens (tertiary/aromatic N) is 1. The van der Waals surface area contributed by atoms with Crippen molar-refractivity contribution < 1.29 is 8.83 Å². The summed E-state index contributed by atoms with van der Waals surface area (Å²) in [6, 6.07) is 61.5. The van der Waals surface area contributed by atoms with Crippen LogP contribution in [-0.4, -0.2) is 0 Å². The largest absolute Gasteiger partial charge is 0.456 e. The zero-order valence-corrected chi connectivity index (χ0v) is 31.2. The van der Waals surface area contributed by atoms with Gasteiger partial charge in [0, 0.05) is 45.5 Å². The summed E-state index contributed by atoms with van der Waals surface area (Å²) in [5.41, 5.74) is 13.5. The predicted molar refractivity (Wildman–Crippen MR) is 234 cm³/mol. The lowest BCUT2D eigenvalue weighted by molar-refractivity contribution is 0.445. The van der Waals surface area contributed by atoms with Crippen molar-refractivity contribution in [2.24, 2.45) is 0 Å². The number of furan rings is 2. The van der Waals surface area contributed by atoms with Gasteiger partial charge in [-0.1, -0.05) is 141 Å². The minimum Gasteiger partial charge on any atom is -0.456 e. The summed E-state index contributed by atoms with van der Waals surface area (Å²) in [4.78, 5) is 2.45. The Hall–Kier alpha value is -6.58. The highest BCUT2D eigenvalue weighted by Gasteiger charge is 2.22. The molecule has 0 amide bonds. The summed E-state index contributed by atoms with van der Waals surface area (Å²) >= 11 is 0. The molecule has 0 saturated heterocycles. The second-order valence-electron chi connectivity index (χ2n) is 15.4. The van der Waals surface area contributed by atoms with Crippen LogP contribution in [0.5, 0.6) is 0 Å². The van der Waals surface area contributed by atoms with Crippen molar-refractivity contribution in [2.75, 3.05) is 4.90 Å². The van der Waals surface area contributed by atoms with Gasteiger partial charge >= 0.3 is 0 Å². The minimum absolute atomic E-state index is 0.604. The molecule has 0 bridgehead atoms. The van der Waals surface area contributed by atoms with Crippen molar-refractivity contribution in [2.45, 2.75) is 44.6 Å². The van der Waals surface area contributed by atoms with Gasteiger partial charge in [0.1, 0.15) is 22.3 Å². The molecular formula is C53H41NO2. The average Bonchev–Trinajstić information content (AvgIpc) is 3.84. The van der Waals surface area contributed by atoms with Gasteiger partial charge in [-0.3, -0.25) is 0 Å². The molecule has 0 aliphatic heterocycles. The smallest absolute Gasteiger partial charge is 0.137 e.